The minimum absolute atomic E-state index is 0.0145. The van der Waals surface area contributed by atoms with Crippen molar-refractivity contribution in [2.75, 3.05) is 12.5 Å². The maximum Gasteiger partial charge on any atom is 0.158 e. The van der Waals surface area contributed by atoms with Crippen molar-refractivity contribution in [3.05, 3.63) is 0 Å². The van der Waals surface area contributed by atoms with Crippen molar-refractivity contribution in [1.82, 2.24) is 0 Å². The van der Waals surface area contributed by atoms with Crippen molar-refractivity contribution in [2.24, 2.45) is 0 Å². The minimum Gasteiger partial charge on any atom is -0.350 e. The van der Waals surface area contributed by atoms with E-state index < -0.39 is 0 Å². The number of hydrogen-bond acceptors (Lipinski definition) is 2. The van der Waals surface area contributed by atoms with E-state index in [4.69, 9.17) is 21.1 Å². The van der Waals surface area contributed by atoms with Crippen molar-refractivity contribution in [1.29, 1.82) is 0 Å². The van der Waals surface area contributed by atoms with Gasteiger partial charge in [-0.05, 0) is 12.8 Å². The molecule has 1 saturated heterocycles. The topological polar surface area (TPSA) is 18.5 Å². The average Bonchev–Trinajstić information content (AvgIpc) is 2.60. The van der Waals surface area contributed by atoms with Gasteiger partial charge in [-0.1, -0.05) is 26.2 Å². The highest BCUT2D eigenvalue weighted by molar-refractivity contribution is 6.18. The number of unbranched alkanes of at least 4 members (excludes halogenated alkanes) is 3. The van der Waals surface area contributed by atoms with Crippen molar-refractivity contribution >= 4 is 11.6 Å². The first-order valence-corrected chi connectivity index (χ1v) is 5.73. The van der Waals surface area contributed by atoms with Gasteiger partial charge in [0.1, 0.15) is 0 Å². The summed E-state index contributed by atoms with van der Waals surface area (Å²) in [6.45, 7) is 2.88. The molecule has 1 heterocycles. The van der Waals surface area contributed by atoms with Crippen LogP contribution in [0, 0.1) is 0 Å². The molecule has 0 amide bonds. The predicted octanol–water partition coefficient (Wildman–Crippen LogP) is 2.94. The lowest BCUT2D eigenvalue weighted by atomic mass is 10.1. The summed E-state index contributed by atoms with van der Waals surface area (Å²) in [6.07, 6.45) is 6.23. The Morgan fingerprint density at radius 2 is 2.15 bits per heavy atom. The van der Waals surface area contributed by atoms with E-state index in [2.05, 4.69) is 6.92 Å². The van der Waals surface area contributed by atoms with Gasteiger partial charge < -0.3 is 9.47 Å². The van der Waals surface area contributed by atoms with Gasteiger partial charge in [0.2, 0.25) is 0 Å². The lowest BCUT2D eigenvalue weighted by Gasteiger charge is -2.09. The Morgan fingerprint density at radius 1 is 1.31 bits per heavy atom. The first-order chi connectivity index (χ1) is 6.36. The average molecular weight is 207 g/mol. The highest BCUT2D eigenvalue weighted by Gasteiger charge is 2.24. The Morgan fingerprint density at radius 3 is 2.77 bits per heavy atom. The molecule has 1 fully saturated rings. The molecular formula is C10H19ClO2. The summed E-state index contributed by atoms with van der Waals surface area (Å²) >= 11 is 5.65. The van der Waals surface area contributed by atoms with Gasteiger partial charge in [-0.3, -0.25) is 0 Å². The first-order valence-electron chi connectivity index (χ1n) is 5.19. The maximum atomic E-state index is 5.65. The van der Waals surface area contributed by atoms with E-state index in [0.29, 0.717) is 12.5 Å². The molecule has 0 bridgehead atoms. The zero-order valence-corrected chi connectivity index (χ0v) is 9.05. The summed E-state index contributed by atoms with van der Waals surface area (Å²) in [7, 11) is 0. The molecule has 1 rings (SSSR count). The van der Waals surface area contributed by atoms with Gasteiger partial charge in [0, 0.05) is 0 Å². The van der Waals surface area contributed by atoms with Crippen LogP contribution in [0.15, 0.2) is 0 Å². The van der Waals surface area contributed by atoms with Crippen molar-refractivity contribution in [2.45, 2.75) is 51.4 Å². The molecule has 2 nitrogen and oxygen atoms in total. The lowest BCUT2D eigenvalue weighted by Crippen LogP contribution is -2.13. The van der Waals surface area contributed by atoms with Crippen LogP contribution in [0.25, 0.3) is 0 Å². The van der Waals surface area contributed by atoms with Crippen LogP contribution in [0.3, 0.4) is 0 Å². The third kappa shape index (κ3) is 4.30. The molecular weight excluding hydrogens is 188 g/mol. The predicted molar refractivity (Wildman–Crippen MR) is 54.1 cm³/mol. The monoisotopic (exact) mass is 206 g/mol. The van der Waals surface area contributed by atoms with E-state index in [0.717, 1.165) is 6.42 Å². The third-order valence-electron chi connectivity index (χ3n) is 2.28. The first kappa shape index (κ1) is 11.3. The van der Waals surface area contributed by atoms with Crippen LogP contribution in [0.5, 0.6) is 0 Å². The molecule has 0 N–H and O–H groups in total. The number of alkyl halides is 1. The number of halogens is 1. The third-order valence-corrected chi connectivity index (χ3v) is 2.62. The lowest BCUT2D eigenvalue weighted by molar-refractivity contribution is -0.0599. The summed E-state index contributed by atoms with van der Waals surface area (Å²) in [4.78, 5) is 0. The fraction of sp³-hybridized carbons (Fsp3) is 1.00. The van der Waals surface area contributed by atoms with Crippen molar-refractivity contribution in [3.63, 3.8) is 0 Å². The van der Waals surface area contributed by atoms with Gasteiger partial charge in [-0.2, -0.15) is 0 Å². The van der Waals surface area contributed by atoms with Gasteiger partial charge in [-0.25, -0.2) is 0 Å². The second kappa shape index (κ2) is 6.63. The smallest absolute Gasteiger partial charge is 0.158 e. The largest absolute Gasteiger partial charge is 0.350 e. The van der Waals surface area contributed by atoms with E-state index in [9.17, 15) is 0 Å². The van der Waals surface area contributed by atoms with Gasteiger partial charge in [-0.15, -0.1) is 11.6 Å². The molecule has 78 valence electrons. The molecule has 0 aliphatic carbocycles. The zero-order valence-electron chi connectivity index (χ0n) is 8.30. The molecule has 2 atom stereocenters. The number of ether oxygens (including phenoxy) is 2. The Kier molecular flexibility index (Phi) is 5.76. The van der Waals surface area contributed by atoms with Gasteiger partial charge in [0.25, 0.3) is 0 Å². The van der Waals surface area contributed by atoms with E-state index in [1.54, 1.807) is 0 Å². The normalized spacial score (nSPS) is 28.2. The number of rotatable bonds is 6. The Bertz CT molecular complexity index is 130. The van der Waals surface area contributed by atoms with Crippen LogP contribution < -0.4 is 0 Å². The minimum atomic E-state index is 0.0145. The van der Waals surface area contributed by atoms with E-state index in [1.165, 1.54) is 25.7 Å². The summed E-state index contributed by atoms with van der Waals surface area (Å²) in [5.41, 5.74) is 0. The summed E-state index contributed by atoms with van der Waals surface area (Å²) in [5.74, 6) is 0.547. The Labute approximate surface area is 85.5 Å². The van der Waals surface area contributed by atoms with Crippen LogP contribution in [-0.4, -0.2) is 24.9 Å². The summed E-state index contributed by atoms with van der Waals surface area (Å²) in [5, 5.41) is 0. The van der Waals surface area contributed by atoms with Crippen LogP contribution in [-0.2, 0) is 9.47 Å². The standard InChI is InChI=1S/C10H19ClO2/c1-2-3-4-5-6-10-12-8-9(7-11)13-10/h9-10H,2-8H2,1H3/t9-,10-/m0/s1. The fourth-order valence-corrected chi connectivity index (χ4v) is 1.64. The van der Waals surface area contributed by atoms with Crippen molar-refractivity contribution < 1.29 is 9.47 Å². The molecule has 3 heteroatoms. The van der Waals surface area contributed by atoms with Gasteiger partial charge >= 0.3 is 0 Å². The van der Waals surface area contributed by atoms with Crippen LogP contribution in [0.2, 0.25) is 0 Å². The molecule has 13 heavy (non-hydrogen) atoms. The van der Waals surface area contributed by atoms with Crippen LogP contribution >= 0.6 is 11.6 Å². The van der Waals surface area contributed by atoms with Gasteiger partial charge in [0.15, 0.2) is 6.29 Å². The number of hydrogen-bond donors (Lipinski definition) is 0. The quantitative estimate of drug-likeness (QED) is 0.492. The molecule has 1 aliphatic rings. The molecule has 0 aromatic rings. The molecule has 0 spiro atoms. The zero-order chi connectivity index (χ0) is 9.52. The summed E-state index contributed by atoms with van der Waals surface area (Å²) < 4.78 is 11.0. The Hall–Kier alpha value is 0.210. The molecule has 1 aliphatic heterocycles. The molecule has 0 aromatic heterocycles. The fourth-order valence-electron chi connectivity index (χ4n) is 1.48. The SMILES string of the molecule is CCCCCC[C@H]1OC[C@H](CCl)O1. The molecule has 0 aromatic carbocycles. The van der Waals surface area contributed by atoms with E-state index in [1.807, 2.05) is 0 Å². The molecule has 0 saturated carbocycles. The highest BCUT2D eigenvalue weighted by atomic mass is 35.5. The summed E-state index contributed by atoms with van der Waals surface area (Å²) in [6, 6.07) is 0. The van der Waals surface area contributed by atoms with Gasteiger partial charge in [0.05, 0.1) is 18.6 Å². The van der Waals surface area contributed by atoms with Crippen LogP contribution in [0.4, 0.5) is 0 Å². The van der Waals surface area contributed by atoms with E-state index >= 15 is 0 Å². The van der Waals surface area contributed by atoms with Crippen molar-refractivity contribution in [3.8, 4) is 0 Å². The van der Waals surface area contributed by atoms with E-state index in [-0.39, 0.29) is 12.4 Å². The second-order valence-corrected chi connectivity index (χ2v) is 3.83. The highest BCUT2D eigenvalue weighted by Crippen LogP contribution is 2.18. The molecule has 0 radical (unpaired) electrons. The maximum absolute atomic E-state index is 5.65. The second-order valence-electron chi connectivity index (χ2n) is 3.52. The molecule has 0 unspecified atom stereocenters. The Balaban J connectivity index is 1.97. The van der Waals surface area contributed by atoms with Crippen LogP contribution in [0.1, 0.15) is 39.0 Å².